The van der Waals surface area contributed by atoms with Crippen molar-refractivity contribution in [1.82, 2.24) is 16.0 Å². The lowest BCUT2D eigenvalue weighted by Gasteiger charge is -2.43. The zero-order valence-electron chi connectivity index (χ0n) is 17.9. The van der Waals surface area contributed by atoms with Gasteiger partial charge in [-0.25, -0.2) is 4.99 Å². The second kappa shape index (κ2) is 10.8. The molecule has 0 unspecified atom stereocenters. The van der Waals surface area contributed by atoms with E-state index in [1.165, 1.54) is 25.7 Å². The van der Waals surface area contributed by atoms with Crippen LogP contribution in [0.2, 0.25) is 0 Å². The normalized spacial score (nSPS) is 15.5. The highest BCUT2D eigenvalue weighted by Gasteiger charge is 2.37. The molecule has 7 nitrogen and oxygen atoms in total. The largest absolute Gasteiger partial charge is 0.368 e. The Labute approximate surface area is 173 Å². The fourth-order valence-corrected chi connectivity index (χ4v) is 3.81. The van der Waals surface area contributed by atoms with E-state index in [1.807, 2.05) is 12.1 Å². The van der Waals surface area contributed by atoms with Gasteiger partial charge in [-0.3, -0.25) is 9.59 Å². The summed E-state index contributed by atoms with van der Waals surface area (Å²) in [6.45, 7) is 8.76. The van der Waals surface area contributed by atoms with E-state index in [0.29, 0.717) is 23.4 Å². The summed E-state index contributed by atoms with van der Waals surface area (Å²) >= 11 is 0. The van der Waals surface area contributed by atoms with Crippen LogP contribution in [0.1, 0.15) is 62.4 Å². The Morgan fingerprint density at radius 2 is 1.83 bits per heavy atom. The van der Waals surface area contributed by atoms with E-state index in [-0.39, 0.29) is 12.5 Å². The van der Waals surface area contributed by atoms with Crippen molar-refractivity contribution in [3.05, 3.63) is 35.4 Å². The number of aliphatic imine (C=N–C) groups is 1. The van der Waals surface area contributed by atoms with Crippen molar-refractivity contribution >= 4 is 17.8 Å². The Kier molecular flexibility index (Phi) is 8.49. The highest BCUT2D eigenvalue weighted by Crippen LogP contribution is 2.45. The number of nitrogens with one attached hydrogen (secondary N) is 3. The molecule has 0 heterocycles. The molecule has 0 saturated heterocycles. The van der Waals surface area contributed by atoms with Crippen molar-refractivity contribution in [1.29, 1.82) is 0 Å². The van der Waals surface area contributed by atoms with Crippen LogP contribution in [-0.4, -0.2) is 37.4 Å². The summed E-state index contributed by atoms with van der Waals surface area (Å²) in [7, 11) is 0. The van der Waals surface area contributed by atoms with E-state index in [1.54, 1.807) is 12.1 Å². The maximum absolute atomic E-state index is 11.9. The molecule has 0 aromatic heterocycles. The fourth-order valence-electron chi connectivity index (χ4n) is 3.81. The standard InChI is InChI=1S/C22H35N5O2/c1-4-24-21(27-15-22(10-5-11-22)12-16(2)3)26-13-17-6-8-18(9-7-17)20(29)25-14-19(23)28/h6-9,16H,4-5,10-15H2,1-3H3,(H2,23,28)(H,25,29)(H2,24,26,27). The summed E-state index contributed by atoms with van der Waals surface area (Å²) in [6.07, 6.45) is 5.15. The van der Waals surface area contributed by atoms with E-state index < -0.39 is 5.91 Å². The molecule has 1 aromatic rings. The van der Waals surface area contributed by atoms with Crippen molar-refractivity contribution in [3.8, 4) is 0 Å². The highest BCUT2D eigenvalue weighted by molar-refractivity contribution is 5.96. The van der Waals surface area contributed by atoms with Gasteiger partial charge in [-0.15, -0.1) is 0 Å². The molecule has 2 rings (SSSR count). The molecule has 29 heavy (non-hydrogen) atoms. The number of primary amides is 1. The van der Waals surface area contributed by atoms with Gasteiger partial charge >= 0.3 is 0 Å². The van der Waals surface area contributed by atoms with E-state index in [0.717, 1.165) is 24.6 Å². The number of amides is 2. The minimum Gasteiger partial charge on any atom is -0.368 e. The maximum atomic E-state index is 11.9. The van der Waals surface area contributed by atoms with Crippen molar-refractivity contribution < 1.29 is 9.59 Å². The predicted octanol–water partition coefficient (Wildman–Crippen LogP) is 2.17. The molecule has 7 heteroatoms. The Bertz CT molecular complexity index is 708. The van der Waals surface area contributed by atoms with Crippen molar-refractivity contribution in [2.24, 2.45) is 22.1 Å². The zero-order valence-corrected chi connectivity index (χ0v) is 17.9. The van der Waals surface area contributed by atoms with Gasteiger partial charge < -0.3 is 21.7 Å². The highest BCUT2D eigenvalue weighted by atomic mass is 16.2. The Morgan fingerprint density at radius 1 is 1.14 bits per heavy atom. The molecular weight excluding hydrogens is 366 g/mol. The number of nitrogens with zero attached hydrogens (tertiary/aromatic N) is 1. The molecular formula is C22H35N5O2. The lowest BCUT2D eigenvalue weighted by molar-refractivity contribution is -0.117. The number of hydrogen-bond donors (Lipinski definition) is 4. The van der Waals surface area contributed by atoms with E-state index in [9.17, 15) is 9.59 Å². The van der Waals surface area contributed by atoms with Crippen LogP contribution < -0.4 is 21.7 Å². The number of benzene rings is 1. The number of carbonyl (C=O) groups is 2. The minimum absolute atomic E-state index is 0.166. The first kappa shape index (κ1) is 22.7. The van der Waals surface area contributed by atoms with Crippen LogP contribution in [0.15, 0.2) is 29.3 Å². The third kappa shape index (κ3) is 7.40. The van der Waals surface area contributed by atoms with Gasteiger partial charge in [-0.2, -0.15) is 0 Å². The first-order valence-corrected chi connectivity index (χ1v) is 10.5. The molecule has 5 N–H and O–H groups in total. The minimum atomic E-state index is -0.565. The predicted molar refractivity (Wildman–Crippen MR) is 117 cm³/mol. The topological polar surface area (TPSA) is 109 Å². The van der Waals surface area contributed by atoms with Crippen LogP contribution in [0.25, 0.3) is 0 Å². The SMILES string of the molecule is CCNC(=NCc1ccc(C(=O)NCC(N)=O)cc1)NCC1(CC(C)C)CCC1. The van der Waals surface area contributed by atoms with Crippen LogP contribution >= 0.6 is 0 Å². The molecule has 1 aromatic carbocycles. The molecule has 2 amide bonds. The smallest absolute Gasteiger partial charge is 0.251 e. The Morgan fingerprint density at radius 3 is 2.34 bits per heavy atom. The molecule has 1 aliphatic rings. The van der Waals surface area contributed by atoms with Crippen LogP contribution in [0.5, 0.6) is 0 Å². The number of guanidine groups is 1. The summed E-state index contributed by atoms with van der Waals surface area (Å²) in [5.41, 5.74) is 6.95. The number of rotatable bonds is 10. The average Bonchev–Trinajstić information content (AvgIpc) is 2.66. The Balaban J connectivity index is 1.92. The average molecular weight is 402 g/mol. The van der Waals surface area contributed by atoms with Crippen molar-refractivity contribution in [3.63, 3.8) is 0 Å². The summed E-state index contributed by atoms with van der Waals surface area (Å²) in [5.74, 6) is 0.649. The summed E-state index contributed by atoms with van der Waals surface area (Å²) in [6, 6.07) is 7.21. The van der Waals surface area contributed by atoms with Crippen molar-refractivity contribution in [2.45, 2.75) is 53.0 Å². The lowest BCUT2D eigenvalue weighted by Crippen LogP contribution is -2.47. The third-order valence-corrected chi connectivity index (χ3v) is 5.29. The summed E-state index contributed by atoms with van der Waals surface area (Å²) in [4.78, 5) is 27.4. The third-order valence-electron chi connectivity index (χ3n) is 5.29. The van der Waals surface area contributed by atoms with Gasteiger partial charge in [0.25, 0.3) is 5.91 Å². The maximum Gasteiger partial charge on any atom is 0.251 e. The van der Waals surface area contributed by atoms with Gasteiger partial charge in [0.05, 0.1) is 13.1 Å². The number of carbonyl (C=O) groups excluding carboxylic acids is 2. The van der Waals surface area contributed by atoms with E-state index in [2.05, 4.69) is 36.7 Å². The van der Waals surface area contributed by atoms with Crippen LogP contribution in [-0.2, 0) is 11.3 Å². The molecule has 1 fully saturated rings. The van der Waals surface area contributed by atoms with Gasteiger partial charge in [-0.1, -0.05) is 32.4 Å². The quantitative estimate of drug-likeness (QED) is 0.356. The monoisotopic (exact) mass is 401 g/mol. The molecule has 0 atom stereocenters. The van der Waals surface area contributed by atoms with Gasteiger partial charge in [0.15, 0.2) is 5.96 Å². The van der Waals surface area contributed by atoms with Crippen LogP contribution in [0.4, 0.5) is 0 Å². The van der Waals surface area contributed by atoms with E-state index in [4.69, 9.17) is 10.7 Å². The molecule has 0 bridgehead atoms. The summed E-state index contributed by atoms with van der Waals surface area (Å²) < 4.78 is 0. The first-order chi connectivity index (χ1) is 13.8. The van der Waals surface area contributed by atoms with Gasteiger partial charge in [-0.05, 0) is 55.2 Å². The van der Waals surface area contributed by atoms with E-state index >= 15 is 0 Å². The second-order valence-electron chi connectivity index (χ2n) is 8.35. The molecule has 160 valence electrons. The Hall–Kier alpha value is -2.57. The summed E-state index contributed by atoms with van der Waals surface area (Å²) in [5, 5.41) is 9.32. The number of nitrogens with two attached hydrogens (primary N) is 1. The van der Waals surface area contributed by atoms with Gasteiger partial charge in [0.1, 0.15) is 0 Å². The van der Waals surface area contributed by atoms with Crippen molar-refractivity contribution in [2.75, 3.05) is 19.6 Å². The van der Waals surface area contributed by atoms with Crippen LogP contribution in [0, 0.1) is 11.3 Å². The number of hydrogen-bond acceptors (Lipinski definition) is 3. The fraction of sp³-hybridized carbons (Fsp3) is 0.591. The first-order valence-electron chi connectivity index (χ1n) is 10.5. The van der Waals surface area contributed by atoms with Crippen LogP contribution in [0.3, 0.4) is 0 Å². The van der Waals surface area contributed by atoms with Gasteiger partial charge in [0, 0.05) is 18.7 Å². The molecule has 1 saturated carbocycles. The molecule has 0 aliphatic heterocycles. The molecule has 0 radical (unpaired) electrons. The second-order valence-corrected chi connectivity index (χ2v) is 8.35. The lowest BCUT2D eigenvalue weighted by atomic mass is 9.64. The molecule has 1 aliphatic carbocycles. The van der Waals surface area contributed by atoms with Gasteiger partial charge in [0.2, 0.25) is 5.91 Å². The molecule has 0 spiro atoms. The zero-order chi connectivity index (χ0) is 21.3.